The van der Waals surface area contributed by atoms with Crippen LogP contribution in [-0.4, -0.2) is 49.7 Å². The third-order valence-electron chi connectivity index (χ3n) is 3.86. The summed E-state index contributed by atoms with van der Waals surface area (Å²) in [5.41, 5.74) is 2.42. The van der Waals surface area contributed by atoms with Gasteiger partial charge in [-0.1, -0.05) is 18.3 Å². The Balaban J connectivity index is 1.74. The molecule has 0 aliphatic carbocycles. The van der Waals surface area contributed by atoms with Gasteiger partial charge in [-0.2, -0.15) is 0 Å². The van der Waals surface area contributed by atoms with Crippen LogP contribution in [-0.2, 0) is 0 Å². The summed E-state index contributed by atoms with van der Waals surface area (Å²) in [4.78, 5) is 9.58. The van der Waals surface area contributed by atoms with Gasteiger partial charge in [0.1, 0.15) is 0 Å². The molecular weight excluding hydrogens is 268 g/mol. The number of rotatable bonds is 4. The minimum absolute atomic E-state index is 0.991. The fourth-order valence-electron chi connectivity index (χ4n) is 2.76. The normalized spacial score (nSPS) is 16.8. The first kappa shape index (κ1) is 13.6. The highest BCUT2D eigenvalue weighted by Crippen LogP contribution is 2.29. The minimum Gasteiger partial charge on any atom is -0.369 e. The zero-order valence-electron chi connectivity index (χ0n) is 12.2. The minimum atomic E-state index is 0.991. The van der Waals surface area contributed by atoms with Crippen LogP contribution < -0.4 is 10.2 Å². The molecule has 1 aromatic carbocycles. The Kier molecular flexibility index (Phi) is 4.08. The molecular formula is C15H22N4S. The fraction of sp³-hybridized carbons (Fsp3) is 0.533. The van der Waals surface area contributed by atoms with Crippen molar-refractivity contribution in [3.8, 4) is 0 Å². The molecule has 0 atom stereocenters. The lowest BCUT2D eigenvalue weighted by Gasteiger charge is -2.36. The third kappa shape index (κ3) is 2.74. The zero-order chi connectivity index (χ0) is 13.9. The Hall–Kier alpha value is -1.33. The predicted molar refractivity (Wildman–Crippen MR) is 88.1 cm³/mol. The van der Waals surface area contributed by atoms with Gasteiger partial charge in [-0.3, -0.25) is 4.90 Å². The van der Waals surface area contributed by atoms with Crippen LogP contribution in [0.2, 0.25) is 0 Å². The van der Waals surface area contributed by atoms with E-state index in [1.807, 2.05) is 7.05 Å². The number of piperazine rings is 1. The maximum atomic E-state index is 4.53. The van der Waals surface area contributed by atoms with E-state index in [0.717, 1.165) is 23.7 Å². The van der Waals surface area contributed by atoms with Crippen LogP contribution >= 0.6 is 11.3 Å². The first-order chi connectivity index (χ1) is 9.80. The molecule has 0 radical (unpaired) electrons. The summed E-state index contributed by atoms with van der Waals surface area (Å²) in [6.07, 6.45) is 1.25. The summed E-state index contributed by atoms with van der Waals surface area (Å²) in [6, 6.07) is 6.63. The number of nitrogens with zero attached hydrogens (tertiary/aromatic N) is 3. The average molecular weight is 290 g/mol. The Bertz CT molecular complexity index is 572. The molecule has 5 heteroatoms. The Morgan fingerprint density at radius 3 is 2.75 bits per heavy atom. The smallest absolute Gasteiger partial charge is 0.183 e. The van der Waals surface area contributed by atoms with Gasteiger partial charge in [0.25, 0.3) is 0 Å². The van der Waals surface area contributed by atoms with Crippen molar-refractivity contribution in [3.63, 3.8) is 0 Å². The first-order valence-electron chi connectivity index (χ1n) is 7.36. The van der Waals surface area contributed by atoms with Crippen molar-refractivity contribution in [3.05, 3.63) is 18.2 Å². The molecule has 1 aliphatic rings. The Labute approximate surface area is 124 Å². The Morgan fingerprint density at radius 1 is 1.25 bits per heavy atom. The van der Waals surface area contributed by atoms with Crippen LogP contribution in [0.15, 0.2) is 18.2 Å². The van der Waals surface area contributed by atoms with Gasteiger partial charge < -0.3 is 10.2 Å². The Morgan fingerprint density at radius 2 is 2.05 bits per heavy atom. The monoisotopic (exact) mass is 290 g/mol. The van der Waals surface area contributed by atoms with Crippen molar-refractivity contribution in [1.82, 2.24) is 9.88 Å². The molecule has 0 bridgehead atoms. The molecule has 1 aromatic heterocycles. The summed E-state index contributed by atoms with van der Waals surface area (Å²) < 4.78 is 1.27. The maximum Gasteiger partial charge on any atom is 0.183 e. The van der Waals surface area contributed by atoms with E-state index in [9.17, 15) is 0 Å². The molecule has 1 saturated heterocycles. The molecule has 4 nitrogen and oxygen atoms in total. The molecule has 1 aliphatic heterocycles. The molecule has 2 heterocycles. The highest BCUT2D eigenvalue weighted by molar-refractivity contribution is 7.22. The van der Waals surface area contributed by atoms with Gasteiger partial charge in [-0.15, -0.1) is 0 Å². The molecule has 108 valence electrons. The third-order valence-corrected chi connectivity index (χ3v) is 4.90. The quantitative estimate of drug-likeness (QED) is 0.938. The number of aromatic nitrogens is 1. The lowest BCUT2D eigenvalue weighted by molar-refractivity contribution is 0.258. The van der Waals surface area contributed by atoms with E-state index in [4.69, 9.17) is 0 Å². The van der Waals surface area contributed by atoms with Gasteiger partial charge in [-0.25, -0.2) is 4.98 Å². The van der Waals surface area contributed by atoms with Crippen molar-refractivity contribution in [2.45, 2.75) is 13.3 Å². The van der Waals surface area contributed by atoms with Gasteiger partial charge >= 0.3 is 0 Å². The molecule has 0 saturated carbocycles. The van der Waals surface area contributed by atoms with Crippen molar-refractivity contribution >= 4 is 32.4 Å². The highest BCUT2D eigenvalue weighted by Gasteiger charge is 2.17. The van der Waals surface area contributed by atoms with E-state index < -0.39 is 0 Å². The number of hydrogen-bond donors (Lipinski definition) is 1. The lowest BCUT2D eigenvalue weighted by Crippen LogP contribution is -2.46. The summed E-state index contributed by atoms with van der Waals surface area (Å²) in [5.74, 6) is 0. The molecule has 20 heavy (non-hydrogen) atoms. The van der Waals surface area contributed by atoms with Crippen molar-refractivity contribution in [2.75, 3.05) is 50.0 Å². The maximum absolute atomic E-state index is 4.53. The lowest BCUT2D eigenvalue weighted by atomic mass is 10.2. The molecule has 0 unspecified atom stereocenters. The van der Waals surface area contributed by atoms with Gasteiger partial charge in [-0.05, 0) is 31.2 Å². The van der Waals surface area contributed by atoms with Gasteiger partial charge in [0.15, 0.2) is 5.13 Å². The molecule has 1 N–H and O–H groups in total. The second kappa shape index (κ2) is 5.97. The van der Waals surface area contributed by atoms with Crippen LogP contribution in [0.1, 0.15) is 13.3 Å². The van der Waals surface area contributed by atoms with Crippen molar-refractivity contribution in [1.29, 1.82) is 0 Å². The first-order valence-corrected chi connectivity index (χ1v) is 8.17. The summed E-state index contributed by atoms with van der Waals surface area (Å²) >= 11 is 1.72. The molecule has 3 rings (SSSR count). The summed E-state index contributed by atoms with van der Waals surface area (Å²) in [5, 5.41) is 4.11. The zero-order valence-corrected chi connectivity index (χ0v) is 13.0. The standard InChI is InChI=1S/C15H22N4S/c1-3-6-18-7-9-19(10-8-18)12-4-5-13-14(11-12)20-15(16-2)17-13/h4-5,11H,3,6-10H2,1-2H3,(H,16,17). The van der Waals surface area contributed by atoms with Crippen LogP contribution in [0.3, 0.4) is 0 Å². The average Bonchev–Trinajstić information content (AvgIpc) is 2.90. The number of benzene rings is 1. The van der Waals surface area contributed by atoms with Crippen LogP contribution in [0.4, 0.5) is 10.8 Å². The molecule has 1 fully saturated rings. The van der Waals surface area contributed by atoms with Gasteiger partial charge in [0.05, 0.1) is 10.2 Å². The van der Waals surface area contributed by atoms with E-state index >= 15 is 0 Å². The van der Waals surface area contributed by atoms with E-state index in [1.165, 1.54) is 36.4 Å². The SMILES string of the molecule is CCCN1CCN(c2ccc3nc(NC)sc3c2)CC1. The number of nitrogens with one attached hydrogen (secondary N) is 1. The van der Waals surface area contributed by atoms with Crippen molar-refractivity contribution in [2.24, 2.45) is 0 Å². The van der Waals surface area contributed by atoms with Gasteiger partial charge in [0, 0.05) is 38.9 Å². The summed E-state index contributed by atoms with van der Waals surface area (Å²) in [6.45, 7) is 8.09. The predicted octanol–water partition coefficient (Wildman–Crippen LogP) is 2.87. The number of anilines is 2. The summed E-state index contributed by atoms with van der Waals surface area (Å²) in [7, 11) is 1.92. The van der Waals surface area contributed by atoms with Crippen molar-refractivity contribution < 1.29 is 0 Å². The van der Waals surface area contributed by atoms with E-state index in [0.29, 0.717) is 0 Å². The van der Waals surface area contributed by atoms with Crippen LogP contribution in [0, 0.1) is 0 Å². The van der Waals surface area contributed by atoms with E-state index in [1.54, 1.807) is 11.3 Å². The number of hydrogen-bond acceptors (Lipinski definition) is 5. The molecule has 0 amide bonds. The largest absolute Gasteiger partial charge is 0.369 e. The highest BCUT2D eigenvalue weighted by atomic mass is 32.1. The second-order valence-corrected chi connectivity index (χ2v) is 6.28. The molecule has 2 aromatic rings. The van der Waals surface area contributed by atoms with E-state index in [-0.39, 0.29) is 0 Å². The van der Waals surface area contributed by atoms with E-state index in [2.05, 4.69) is 45.2 Å². The van der Waals surface area contributed by atoms with Crippen LogP contribution in [0.5, 0.6) is 0 Å². The van der Waals surface area contributed by atoms with Crippen LogP contribution in [0.25, 0.3) is 10.2 Å². The number of thiazole rings is 1. The number of fused-ring (bicyclic) bond motifs is 1. The fourth-order valence-corrected chi connectivity index (χ4v) is 3.62. The topological polar surface area (TPSA) is 31.4 Å². The molecule has 0 spiro atoms. The second-order valence-electron chi connectivity index (χ2n) is 5.25. The van der Waals surface area contributed by atoms with Gasteiger partial charge in [0.2, 0.25) is 0 Å².